The Morgan fingerprint density at radius 2 is 1.88 bits per heavy atom. The number of Topliss-reactive ketones (excluding diaryl/α,β-unsaturated/α-hetero) is 1. The molecule has 0 N–H and O–H groups in total. The Morgan fingerprint density at radius 3 is 2.58 bits per heavy atom. The molecular weight excluding hydrogens is 344 g/mol. The highest BCUT2D eigenvalue weighted by Crippen LogP contribution is 2.35. The summed E-state index contributed by atoms with van der Waals surface area (Å²) < 4.78 is 2.05. The van der Waals surface area contributed by atoms with Crippen LogP contribution in [0.4, 0.5) is 0 Å². The molecule has 3 aromatic rings. The smallest absolute Gasteiger partial charge is 0.196 e. The van der Waals surface area contributed by atoms with E-state index in [0.717, 1.165) is 35.1 Å². The first-order chi connectivity index (χ1) is 12.6. The van der Waals surface area contributed by atoms with Crippen molar-refractivity contribution in [3.8, 4) is 17.1 Å². The first-order valence-electron chi connectivity index (χ1n) is 8.76. The monoisotopic (exact) mass is 364 g/mol. The molecule has 1 aromatic carbocycles. The van der Waals surface area contributed by atoms with E-state index in [-0.39, 0.29) is 5.25 Å². The molecule has 132 valence electrons. The van der Waals surface area contributed by atoms with Crippen molar-refractivity contribution in [3.63, 3.8) is 0 Å². The average Bonchev–Trinajstić information content (AvgIpc) is 3.25. The van der Waals surface area contributed by atoms with Gasteiger partial charge in [0.05, 0.1) is 10.9 Å². The SMILES string of the molecule is Cc1ccc(-n2c(S[C@H]3CCCC3=O)nnc2-c2ccncc2)cc1C. The van der Waals surface area contributed by atoms with Crippen LogP contribution in [0, 0.1) is 13.8 Å². The highest BCUT2D eigenvalue weighted by molar-refractivity contribution is 8.00. The second-order valence-electron chi connectivity index (χ2n) is 6.61. The van der Waals surface area contributed by atoms with Gasteiger partial charge in [-0.3, -0.25) is 14.3 Å². The van der Waals surface area contributed by atoms with Crippen molar-refractivity contribution in [2.24, 2.45) is 0 Å². The zero-order valence-corrected chi connectivity index (χ0v) is 15.7. The van der Waals surface area contributed by atoms with Crippen LogP contribution in [0.5, 0.6) is 0 Å². The van der Waals surface area contributed by atoms with Crippen LogP contribution < -0.4 is 0 Å². The molecule has 0 radical (unpaired) electrons. The molecule has 1 fully saturated rings. The van der Waals surface area contributed by atoms with Gasteiger partial charge in [-0.2, -0.15) is 0 Å². The maximum absolute atomic E-state index is 12.1. The maximum atomic E-state index is 12.1. The molecule has 1 aliphatic rings. The van der Waals surface area contributed by atoms with Gasteiger partial charge in [0, 0.05) is 24.4 Å². The molecule has 2 heterocycles. The van der Waals surface area contributed by atoms with Crippen LogP contribution in [0.2, 0.25) is 0 Å². The van der Waals surface area contributed by atoms with Gasteiger partial charge in [-0.15, -0.1) is 10.2 Å². The summed E-state index contributed by atoms with van der Waals surface area (Å²) >= 11 is 1.53. The van der Waals surface area contributed by atoms with Gasteiger partial charge < -0.3 is 0 Å². The molecule has 0 bridgehead atoms. The Morgan fingerprint density at radius 1 is 1.08 bits per heavy atom. The minimum atomic E-state index is -0.0187. The Labute approximate surface area is 156 Å². The number of pyridine rings is 1. The largest absolute Gasteiger partial charge is 0.298 e. The Bertz CT molecular complexity index is 952. The number of ketones is 1. The molecule has 0 saturated heterocycles. The normalized spacial score (nSPS) is 17.0. The summed E-state index contributed by atoms with van der Waals surface area (Å²) in [7, 11) is 0. The van der Waals surface area contributed by atoms with E-state index in [4.69, 9.17) is 0 Å². The molecule has 5 nitrogen and oxygen atoms in total. The van der Waals surface area contributed by atoms with E-state index in [0.29, 0.717) is 12.2 Å². The van der Waals surface area contributed by atoms with Crippen LogP contribution in [0.15, 0.2) is 47.9 Å². The molecular formula is C20H20N4OS. The van der Waals surface area contributed by atoms with E-state index < -0.39 is 0 Å². The molecule has 0 spiro atoms. The molecule has 0 unspecified atom stereocenters. The van der Waals surface area contributed by atoms with Gasteiger partial charge in [0.1, 0.15) is 5.78 Å². The third-order valence-electron chi connectivity index (χ3n) is 4.82. The van der Waals surface area contributed by atoms with Crippen LogP contribution in [0.25, 0.3) is 17.1 Å². The van der Waals surface area contributed by atoms with Crippen molar-refractivity contribution in [1.82, 2.24) is 19.7 Å². The lowest BCUT2D eigenvalue weighted by Gasteiger charge is -2.13. The third-order valence-corrected chi connectivity index (χ3v) is 6.07. The van der Waals surface area contributed by atoms with Gasteiger partial charge in [0.2, 0.25) is 0 Å². The van der Waals surface area contributed by atoms with Gasteiger partial charge in [-0.25, -0.2) is 0 Å². The molecule has 1 saturated carbocycles. The van der Waals surface area contributed by atoms with Crippen LogP contribution in [0.1, 0.15) is 30.4 Å². The summed E-state index contributed by atoms with van der Waals surface area (Å²) in [5.74, 6) is 1.08. The van der Waals surface area contributed by atoms with Crippen molar-refractivity contribution in [3.05, 3.63) is 53.9 Å². The van der Waals surface area contributed by atoms with E-state index in [9.17, 15) is 4.79 Å². The van der Waals surface area contributed by atoms with Crippen molar-refractivity contribution in [1.29, 1.82) is 0 Å². The highest BCUT2D eigenvalue weighted by Gasteiger charge is 2.28. The maximum Gasteiger partial charge on any atom is 0.196 e. The fraction of sp³-hybridized carbons (Fsp3) is 0.300. The summed E-state index contributed by atoms with van der Waals surface area (Å²) in [4.78, 5) is 16.2. The quantitative estimate of drug-likeness (QED) is 0.696. The van der Waals surface area contributed by atoms with Crippen LogP contribution in [0.3, 0.4) is 0 Å². The van der Waals surface area contributed by atoms with Gasteiger partial charge >= 0.3 is 0 Å². The lowest BCUT2D eigenvalue weighted by molar-refractivity contribution is -0.116. The number of hydrogen-bond donors (Lipinski definition) is 0. The second kappa shape index (κ2) is 7.03. The minimum Gasteiger partial charge on any atom is -0.298 e. The van der Waals surface area contributed by atoms with E-state index in [1.54, 1.807) is 12.4 Å². The number of hydrogen-bond acceptors (Lipinski definition) is 5. The van der Waals surface area contributed by atoms with Crippen molar-refractivity contribution < 1.29 is 4.79 Å². The summed E-state index contributed by atoms with van der Waals surface area (Å²) in [5, 5.41) is 9.60. The minimum absolute atomic E-state index is 0.0187. The molecule has 1 aliphatic carbocycles. The van der Waals surface area contributed by atoms with Crippen molar-refractivity contribution in [2.75, 3.05) is 0 Å². The number of carbonyl (C=O) groups excluding carboxylic acids is 1. The predicted octanol–water partition coefficient (Wildman–Crippen LogP) is 4.16. The topological polar surface area (TPSA) is 60.7 Å². The zero-order valence-electron chi connectivity index (χ0n) is 14.8. The molecule has 1 atom stereocenters. The molecule has 4 rings (SSSR count). The second-order valence-corrected chi connectivity index (χ2v) is 7.78. The first kappa shape index (κ1) is 17.0. The Balaban J connectivity index is 1.82. The third kappa shape index (κ3) is 3.17. The zero-order chi connectivity index (χ0) is 18.1. The van der Waals surface area contributed by atoms with Crippen LogP contribution in [-0.4, -0.2) is 30.8 Å². The summed E-state index contributed by atoms with van der Waals surface area (Å²) in [6, 6.07) is 10.2. The van der Waals surface area contributed by atoms with E-state index >= 15 is 0 Å². The van der Waals surface area contributed by atoms with Crippen LogP contribution in [-0.2, 0) is 4.79 Å². The van der Waals surface area contributed by atoms with Crippen molar-refractivity contribution in [2.45, 2.75) is 43.5 Å². The van der Waals surface area contributed by atoms with Crippen molar-refractivity contribution >= 4 is 17.5 Å². The lowest BCUT2D eigenvalue weighted by atomic mass is 10.1. The summed E-state index contributed by atoms with van der Waals surface area (Å²) in [6.07, 6.45) is 6.05. The van der Waals surface area contributed by atoms with Gasteiger partial charge in [0.15, 0.2) is 11.0 Å². The lowest BCUT2D eigenvalue weighted by Crippen LogP contribution is -2.10. The van der Waals surface area contributed by atoms with E-state index in [1.165, 1.54) is 22.9 Å². The summed E-state index contributed by atoms with van der Waals surface area (Å²) in [6.45, 7) is 4.20. The number of nitrogens with zero attached hydrogens (tertiary/aromatic N) is 4. The molecule has 6 heteroatoms. The molecule has 2 aromatic heterocycles. The van der Waals surface area contributed by atoms with Gasteiger partial charge in [-0.05, 0) is 62.1 Å². The number of aromatic nitrogens is 4. The van der Waals surface area contributed by atoms with E-state index in [1.807, 2.05) is 12.1 Å². The Kier molecular flexibility index (Phi) is 4.59. The fourth-order valence-electron chi connectivity index (χ4n) is 3.17. The number of carbonyl (C=O) groups is 1. The van der Waals surface area contributed by atoms with Gasteiger partial charge in [0.25, 0.3) is 0 Å². The fourth-order valence-corrected chi connectivity index (χ4v) is 4.34. The standard InChI is InChI=1S/C20H20N4OS/c1-13-6-7-16(12-14(13)2)24-19(15-8-10-21-11-9-15)22-23-20(24)26-18-5-3-4-17(18)25/h6-12,18H,3-5H2,1-2H3/t18-/m0/s1. The number of benzene rings is 1. The number of aryl methyl sites for hydroxylation is 2. The highest BCUT2D eigenvalue weighted by atomic mass is 32.2. The molecule has 0 aliphatic heterocycles. The van der Waals surface area contributed by atoms with E-state index in [2.05, 4.69) is 51.8 Å². The van der Waals surface area contributed by atoms with Gasteiger partial charge in [-0.1, -0.05) is 17.8 Å². The predicted molar refractivity (Wildman–Crippen MR) is 103 cm³/mol. The molecule has 0 amide bonds. The number of thioether (sulfide) groups is 1. The Hall–Kier alpha value is -2.47. The van der Waals surface area contributed by atoms with Crippen LogP contribution >= 0.6 is 11.8 Å². The first-order valence-corrected chi connectivity index (χ1v) is 9.64. The number of rotatable bonds is 4. The molecule has 26 heavy (non-hydrogen) atoms. The summed E-state index contributed by atoms with van der Waals surface area (Å²) in [5.41, 5.74) is 4.42. The average molecular weight is 364 g/mol.